The molecule has 1 aromatic carbocycles. The number of H-pyrrole nitrogens is 1. The fourth-order valence-electron chi connectivity index (χ4n) is 2.82. The van der Waals surface area contributed by atoms with Crippen LogP contribution < -0.4 is 15.4 Å². The number of pyridine rings is 1. The number of nitrogens with zero attached hydrogens (tertiary/aromatic N) is 2. The van der Waals surface area contributed by atoms with Gasteiger partial charge in [0.2, 0.25) is 5.95 Å². The van der Waals surface area contributed by atoms with Gasteiger partial charge in [-0.3, -0.25) is 10.3 Å². The van der Waals surface area contributed by atoms with Gasteiger partial charge in [-0.25, -0.2) is 9.78 Å². The van der Waals surface area contributed by atoms with Crippen molar-refractivity contribution in [3.05, 3.63) is 36.2 Å². The number of amides is 2. The molecule has 0 unspecified atom stereocenters. The number of methoxy groups -OCH3 is 1. The van der Waals surface area contributed by atoms with Crippen LogP contribution in [0, 0.1) is 6.92 Å². The Morgan fingerprint density at radius 3 is 2.89 bits per heavy atom. The Morgan fingerprint density at radius 1 is 1.33 bits per heavy atom. The fourth-order valence-corrected chi connectivity index (χ4v) is 2.82. The van der Waals surface area contributed by atoms with Crippen LogP contribution in [0.2, 0.25) is 0 Å². The fraction of sp³-hybridized carbons (Fsp3) is 0.316. The topological polar surface area (TPSA) is 101 Å². The van der Waals surface area contributed by atoms with Crippen LogP contribution in [-0.2, 0) is 4.74 Å². The van der Waals surface area contributed by atoms with Gasteiger partial charge in [0.1, 0.15) is 12.4 Å². The second kappa shape index (κ2) is 8.50. The third-order valence-electron chi connectivity index (χ3n) is 4.04. The zero-order chi connectivity index (χ0) is 19.2. The number of fused-ring (bicyclic) bond motifs is 1. The van der Waals surface area contributed by atoms with Gasteiger partial charge < -0.3 is 19.8 Å². The summed E-state index contributed by atoms with van der Waals surface area (Å²) in [5.41, 5.74) is 4.25. The van der Waals surface area contributed by atoms with Crippen molar-refractivity contribution in [3.8, 4) is 16.9 Å². The van der Waals surface area contributed by atoms with Crippen LogP contribution in [0.25, 0.3) is 22.2 Å². The summed E-state index contributed by atoms with van der Waals surface area (Å²) in [6, 6.07) is 5.50. The van der Waals surface area contributed by atoms with E-state index < -0.39 is 0 Å². The summed E-state index contributed by atoms with van der Waals surface area (Å²) in [5, 5.41) is 5.38. The average molecular weight is 369 g/mol. The van der Waals surface area contributed by atoms with E-state index in [1.54, 1.807) is 19.5 Å². The Kier molecular flexibility index (Phi) is 5.87. The highest BCUT2D eigenvalue weighted by Gasteiger charge is 2.17. The molecular formula is C19H23N5O3. The first-order chi connectivity index (χ1) is 13.1. The SMILES string of the molecule is CCNC(=O)Nc1nc2c(C)c(OCCOC)c(-c3cccnc3)cc2[nH]1. The van der Waals surface area contributed by atoms with Gasteiger partial charge in [0.15, 0.2) is 0 Å². The number of carbonyl (C=O) groups excluding carboxylic acids is 1. The number of urea groups is 1. The van der Waals surface area contributed by atoms with Crippen molar-refractivity contribution in [3.63, 3.8) is 0 Å². The van der Waals surface area contributed by atoms with E-state index in [0.717, 1.165) is 33.5 Å². The minimum absolute atomic E-state index is 0.307. The van der Waals surface area contributed by atoms with E-state index in [2.05, 4.69) is 25.6 Å². The van der Waals surface area contributed by atoms with E-state index in [4.69, 9.17) is 9.47 Å². The maximum atomic E-state index is 11.8. The van der Waals surface area contributed by atoms with Crippen molar-refractivity contribution >= 4 is 23.0 Å². The Balaban J connectivity index is 2.05. The van der Waals surface area contributed by atoms with Crippen LogP contribution in [0.4, 0.5) is 10.7 Å². The summed E-state index contributed by atoms with van der Waals surface area (Å²) in [5.74, 6) is 1.11. The lowest BCUT2D eigenvalue weighted by atomic mass is 10.0. The number of aromatic amines is 1. The maximum Gasteiger partial charge on any atom is 0.321 e. The van der Waals surface area contributed by atoms with Crippen molar-refractivity contribution in [1.82, 2.24) is 20.3 Å². The lowest BCUT2D eigenvalue weighted by Gasteiger charge is -2.14. The number of hydrogen-bond donors (Lipinski definition) is 3. The lowest BCUT2D eigenvalue weighted by molar-refractivity contribution is 0.146. The number of aryl methyl sites for hydroxylation is 1. The summed E-state index contributed by atoms with van der Waals surface area (Å²) in [7, 11) is 1.63. The minimum Gasteiger partial charge on any atom is -0.490 e. The van der Waals surface area contributed by atoms with Crippen molar-refractivity contribution in [2.45, 2.75) is 13.8 Å². The predicted octanol–water partition coefficient (Wildman–Crippen LogP) is 3.10. The van der Waals surface area contributed by atoms with Gasteiger partial charge in [-0.05, 0) is 26.0 Å². The van der Waals surface area contributed by atoms with E-state index in [-0.39, 0.29) is 6.03 Å². The van der Waals surface area contributed by atoms with Crippen molar-refractivity contribution in [2.75, 3.05) is 32.2 Å². The quantitative estimate of drug-likeness (QED) is 0.556. The van der Waals surface area contributed by atoms with Crippen LogP contribution >= 0.6 is 0 Å². The molecule has 0 aliphatic rings. The molecule has 3 aromatic rings. The van der Waals surface area contributed by atoms with Crippen LogP contribution in [0.15, 0.2) is 30.6 Å². The molecule has 0 aliphatic carbocycles. The molecule has 0 radical (unpaired) electrons. The Hall–Kier alpha value is -3.13. The van der Waals surface area contributed by atoms with Gasteiger partial charge in [0.25, 0.3) is 0 Å². The average Bonchev–Trinajstić information content (AvgIpc) is 3.07. The van der Waals surface area contributed by atoms with E-state index in [0.29, 0.717) is 25.7 Å². The molecule has 3 N–H and O–H groups in total. The molecule has 0 atom stereocenters. The summed E-state index contributed by atoms with van der Waals surface area (Å²) in [4.78, 5) is 23.6. The van der Waals surface area contributed by atoms with Crippen molar-refractivity contribution in [2.24, 2.45) is 0 Å². The number of benzene rings is 1. The summed E-state index contributed by atoms with van der Waals surface area (Å²) < 4.78 is 11.1. The standard InChI is InChI=1S/C19H23N5O3/c1-4-21-19(25)24-18-22-15-10-14(13-6-5-7-20-11-13)17(27-9-8-26-3)12(2)16(15)23-18/h5-7,10-11H,4,8-9H2,1-3H3,(H3,21,22,23,24,25). The largest absolute Gasteiger partial charge is 0.490 e. The van der Waals surface area contributed by atoms with Gasteiger partial charge >= 0.3 is 6.03 Å². The second-order valence-electron chi connectivity index (χ2n) is 5.93. The first-order valence-corrected chi connectivity index (χ1v) is 8.74. The number of hydrogen-bond acceptors (Lipinski definition) is 5. The Morgan fingerprint density at radius 2 is 2.19 bits per heavy atom. The highest BCUT2D eigenvalue weighted by Crippen LogP contribution is 2.37. The molecule has 2 heterocycles. The minimum atomic E-state index is -0.307. The van der Waals surface area contributed by atoms with Gasteiger partial charge in [0, 0.05) is 42.7 Å². The molecule has 2 aromatic heterocycles. The number of anilines is 1. The summed E-state index contributed by atoms with van der Waals surface area (Å²) >= 11 is 0. The molecule has 142 valence electrons. The highest BCUT2D eigenvalue weighted by molar-refractivity contribution is 5.93. The lowest BCUT2D eigenvalue weighted by Crippen LogP contribution is -2.28. The first-order valence-electron chi connectivity index (χ1n) is 8.74. The van der Waals surface area contributed by atoms with Crippen LogP contribution in [0.3, 0.4) is 0 Å². The molecule has 27 heavy (non-hydrogen) atoms. The molecule has 0 saturated carbocycles. The molecule has 0 aliphatic heterocycles. The molecule has 2 amide bonds. The number of carbonyl (C=O) groups is 1. The van der Waals surface area contributed by atoms with E-state index in [1.165, 1.54) is 0 Å². The summed E-state index contributed by atoms with van der Waals surface area (Å²) in [6.07, 6.45) is 3.51. The van der Waals surface area contributed by atoms with Gasteiger partial charge in [-0.1, -0.05) is 6.07 Å². The second-order valence-corrected chi connectivity index (χ2v) is 5.93. The number of nitrogens with one attached hydrogen (secondary N) is 3. The monoisotopic (exact) mass is 369 g/mol. The van der Waals surface area contributed by atoms with E-state index >= 15 is 0 Å². The molecule has 3 rings (SSSR count). The van der Waals surface area contributed by atoms with Crippen LogP contribution in [0.1, 0.15) is 12.5 Å². The van der Waals surface area contributed by atoms with Gasteiger partial charge in [-0.2, -0.15) is 0 Å². The molecule has 0 saturated heterocycles. The number of rotatable bonds is 7. The van der Waals surface area contributed by atoms with E-state index in [1.807, 2.05) is 32.0 Å². The normalized spacial score (nSPS) is 10.8. The molecular weight excluding hydrogens is 346 g/mol. The molecule has 0 fully saturated rings. The number of aromatic nitrogens is 3. The Labute approximate surface area is 157 Å². The van der Waals surface area contributed by atoms with Gasteiger partial charge in [-0.15, -0.1) is 0 Å². The Bertz CT molecular complexity index is 924. The van der Waals surface area contributed by atoms with Crippen molar-refractivity contribution < 1.29 is 14.3 Å². The van der Waals surface area contributed by atoms with Gasteiger partial charge in [0.05, 0.1) is 17.6 Å². The van der Waals surface area contributed by atoms with Crippen molar-refractivity contribution in [1.29, 1.82) is 0 Å². The highest BCUT2D eigenvalue weighted by atomic mass is 16.5. The van der Waals surface area contributed by atoms with Crippen LogP contribution in [-0.4, -0.2) is 47.9 Å². The molecule has 8 nitrogen and oxygen atoms in total. The third kappa shape index (κ3) is 4.17. The zero-order valence-electron chi connectivity index (χ0n) is 15.6. The number of ether oxygens (including phenoxy) is 2. The first kappa shape index (κ1) is 18.7. The third-order valence-corrected chi connectivity index (χ3v) is 4.04. The van der Waals surface area contributed by atoms with Crippen LogP contribution in [0.5, 0.6) is 5.75 Å². The number of imidazole rings is 1. The maximum absolute atomic E-state index is 11.8. The predicted molar refractivity (Wildman–Crippen MR) is 104 cm³/mol. The molecule has 0 bridgehead atoms. The smallest absolute Gasteiger partial charge is 0.321 e. The summed E-state index contributed by atoms with van der Waals surface area (Å²) in [6.45, 7) is 5.24. The molecule has 8 heteroatoms. The van der Waals surface area contributed by atoms with E-state index in [9.17, 15) is 4.79 Å². The zero-order valence-corrected chi connectivity index (χ0v) is 15.6. The molecule has 0 spiro atoms.